The zero-order valence-corrected chi connectivity index (χ0v) is 28.5. The molecule has 2 unspecified atom stereocenters. The molecule has 0 aliphatic rings. The van der Waals surface area contributed by atoms with Gasteiger partial charge in [-0.3, -0.25) is 0 Å². The van der Waals surface area contributed by atoms with Crippen molar-refractivity contribution in [1.29, 1.82) is 0 Å². The van der Waals surface area contributed by atoms with Crippen molar-refractivity contribution >= 4 is 0 Å². The van der Waals surface area contributed by atoms with Crippen LogP contribution in [0.25, 0.3) is 0 Å². The molecule has 0 fully saturated rings. The predicted molar refractivity (Wildman–Crippen MR) is 187 cm³/mol. The van der Waals surface area contributed by atoms with E-state index in [-0.39, 0.29) is 30.3 Å². The molecule has 8 N–H and O–H groups in total. The van der Waals surface area contributed by atoms with Crippen molar-refractivity contribution < 1.29 is 35.4 Å². The third-order valence-corrected chi connectivity index (χ3v) is 7.72. The molecule has 3 aromatic rings. The second kappa shape index (κ2) is 22.5. The number of nitrogens with one attached hydrogen (secondary N) is 2. The van der Waals surface area contributed by atoms with Crippen LogP contribution in [0.3, 0.4) is 0 Å². The van der Waals surface area contributed by atoms with Crippen LogP contribution in [0.15, 0.2) is 66.7 Å². The van der Waals surface area contributed by atoms with E-state index < -0.39 is 12.2 Å². The first-order valence-electron chi connectivity index (χ1n) is 16.8. The van der Waals surface area contributed by atoms with Crippen LogP contribution < -0.4 is 10.6 Å². The van der Waals surface area contributed by atoms with Gasteiger partial charge < -0.3 is 46.0 Å². The Morgan fingerprint density at radius 1 is 0.660 bits per heavy atom. The maximum Gasteiger partial charge on any atom is 0.121 e. The summed E-state index contributed by atoms with van der Waals surface area (Å²) in [5.74, 6) is 0.102. The average Bonchev–Trinajstić information content (AvgIpc) is 3.06. The molecule has 262 valence electrons. The van der Waals surface area contributed by atoms with Crippen molar-refractivity contribution in [2.45, 2.75) is 96.7 Å². The third-order valence-electron chi connectivity index (χ3n) is 7.72. The molecule has 9 heteroatoms. The summed E-state index contributed by atoms with van der Waals surface area (Å²) in [4.78, 5) is 0. The summed E-state index contributed by atoms with van der Waals surface area (Å²) in [5, 5.41) is 63.9. The Morgan fingerprint density at radius 2 is 1.19 bits per heavy atom. The molecule has 0 radical (unpaired) electrons. The molecule has 47 heavy (non-hydrogen) atoms. The summed E-state index contributed by atoms with van der Waals surface area (Å²) in [6, 6.07) is 20.2. The topological polar surface area (TPSA) is 155 Å². The van der Waals surface area contributed by atoms with E-state index in [1.165, 1.54) is 24.1 Å². The highest BCUT2D eigenvalue weighted by Crippen LogP contribution is 2.23. The van der Waals surface area contributed by atoms with E-state index >= 15 is 0 Å². The van der Waals surface area contributed by atoms with Gasteiger partial charge in [-0.2, -0.15) is 0 Å². The van der Waals surface area contributed by atoms with Crippen LogP contribution in [-0.4, -0.2) is 69.0 Å². The van der Waals surface area contributed by atoms with Crippen LogP contribution in [0.4, 0.5) is 0 Å². The minimum Gasteiger partial charge on any atom is -0.508 e. The number of benzene rings is 3. The Kier molecular flexibility index (Phi) is 19.3. The molecule has 0 saturated carbocycles. The number of aliphatic hydroxyl groups excluding tert-OH is 4. The van der Waals surface area contributed by atoms with Gasteiger partial charge >= 0.3 is 0 Å². The Morgan fingerprint density at radius 3 is 1.74 bits per heavy atom. The number of hydrogen-bond acceptors (Lipinski definition) is 9. The Balaban J connectivity index is 0.000000382. The lowest BCUT2D eigenvalue weighted by atomic mass is 10.0. The Bertz CT molecular complexity index is 1250. The fraction of sp³-hybridized carbons (Fsp3) is 0.526. The summed E-state index contributed by atoms with van der Waals surface area (Å²) in [6.45, 7) is 9.04. The molecule has 3 aromatic carbocycles. The summed E-state index contributed by atoms with van der Waals surface area (Å²) in [6.07, 6.45) is 6.59. The standard InChI is InChI=1S/C25H37NO4.C13H21NO3/c27-20-23-18-22(13-14-24(23)28)25(29)19-26-15-7-1-2-8-16-30-17-9-6-12-21-10-4-3-5-11-21;1-13(2,3)14-7-12(17)9-4-5-11(16)10(6-9)8-15/h3-5,10-11,13-14,18,25-29H,1-2,6-9,12,15-17,19-20H2;4-6,12,14-17H,7-8H2,1-3H3. The van der Waals surface area contributed by atoms with Crippen molar-refractivity contribution in [3.63, 3.8) is 0 Å². The largest absolute Gasteiger partial charge is 0.508 e. The normalized spacial score (nSPS) is 12.7. The number of ether oxygens (including phenoxy) is 1. The van der Waals surface area contributed by atoms with Gasteiger partial charge in [0.15, 0.2) is 0 Å². The molecule has 0 heterocycles. The highest BCUT2D eigenvalue weighted by molar-refractivity contribution is 5.37. The van der Waals surface area contributed by atoms with Crippen molar-refractivity contribution in [1.82, 2.24) is 10.6 Å². The zero-order valence-electron chi connectivity index (χ0n) is 28.5. The first-order valence-corrected chi connectivity index (χ1v) is 16.8. The van der Waals surface area contributed by atoms with E-state index in [1.807, 2.05) is 20.8 Å². The molecule has 9 nitrogen and oxygen atoms in total. The lowest BCUT2D eigenvalue weighted by Crippen LogP contribution is -2.38. The highest BCUT2D eigenvalue weighted by Gasteiger charge is 2.15. The molecule has 0 saturated heterocycles. The summed E-state index contributed by atoms with van der Waals surface area (Å²) < 4.78 is 5.72. The lowest BCUT2D eigenvalue weighted by Gasteiger charge is -2.23. The maximum absolute atomic E-state index is 10.2. The SMILES string of the molecule is CC(C)(C)NCC(O)c1ccc(O)c(CO)c1.OCc1cc(C(O)CNCCCCCCOCCCCc2ccccc2)ccc1O. The van der Waals surface area contributed by atoms with Crippen LogP contribution in [-0.2, 0) is 24.4 Å². The summed E-state index contributed by atoms with van der Waals surface area (Å²) >= 11 is 0. The number of unbranched alkanes of at least 4 members (excludes halogenated alkanes) is 4. The number of phenols is 2. The van der Waals surface area contributed by atoms with Gasteiger partial charge in [0.2, 0.25) is 0 Å². The smallest absolute Gasteiger partial charge is 0.121 e. The number of aromatic hydroxyl groups is 2. The van der Waals surface area contributed by atoms with E-state index in [0.717, 1.165) is 58.3 Å². The Labute approximate surface area is 281 Å². The fourth-order valence-electron chi connectivity index (χ4n) is 4.84. The molecule has 3 rings (SSSR count). The van der Waals surface area contributed by atoms with Crippen molar-refractivity contribution in [3.8, 4) is 11.5 Å². The van der Waals surface area contributed by atoms with Gasteiger partial charge in [0.1, 0.15) is 11.5 Å². The minimum atomic E-state index is -0.653. The highest BCUT2D eigenvalue weighted by atomic mass is 16.5. The first kappa shape index (κ1) is 40.2. The number of aliphatic hydroxyl groups is 4. The maximum atomic E-state index is 10.2. The van der Waals surface area contributed by atoms with Crippen LogP contribution in [0.2, 0.25) is 0 Å². The number of hydrogen-bond donors (Lipinski definition) is 8. The molecular formula is C38H58N2O7. The fourth-order valence-corrected chi connectivity index (χ4v) is 4.84. The van der Waals surface area contributed by atoms with Crippen LogP contribution in [0, 0.1) is 0 Å². The summed E-state index contributed by atoms with van der Waals surface area (Å²) in [7, 11) is 0. The van der Waals surface area contributed by atoms with Gasteiger partial charge in [0.25, 0.3) is 0 Å². The van der Waals surface area contributed by atoms with Crippen molar-refractivity contribution in [2.24, 2.45) is 0 Å². The van der Waals surface area contributed by atoms with E-state index in [2.05, 4.69) is 41.0 Å². The van der Waals surface area contributed by atoms with E-state index in [4.69, 9.17) is 9.84 Å². The van der Waals surface area contributed by atoms with Gasteiger partial charge in [-0.25, -0.2) is 0 Å². The second-order valence-corrected chi connectivity index (χ2v) is 12.9. The van der Waals surface area contributed by atoms with E-state index in [0.29, 0.717) is 35.3 Å². The van der Waals surface area contributed by atoms with Crippen molar-refractivity contribution in [2.75, 3.05) is 32.8 Å². The van der Waals surface area contributed by atoms with Gasteiger partial charge in [0.05, 0.1) is 25.4 Å². The lowest BCUT2D eigenvalue weighted by molar-refractivity contribution is 0.126. The van der Waals surface area contributed by atoms with Crippen LogP contribution >= 0.6 is 0 Å². The van der Waals surface area contributed by atoms with E-state index in [9.17, 15) is 25.5 Å². The van der Waals surface area contributed by atoms with Crippen molar-refractivity contribution in [3.05, 3.63) is 94.5 Å². The molecule has 0 aliphatic carbocycles. The first-order chi connectivity index (χ1) is 22.5. The number of rotatable bonds is 20. The predicted octanol–water partition coefficient (Wildman–Crippen LogP) is 5.41. The molecule has 0 aromatic heterocycles. The number of β-amino-alcohol motifs (C(OH)–C–C–N with tert-alkyl or cyclic N) is 1. The monoisotopic (exact) mass is 654 g/mol. The third kappa shape index (κ3) is 17.1. The quantitative estimate of drug-likeness (QED) is 0.0747. The molecule has 0 aliphatic heterocycles. The zero-order chi connectivity index (χ0) is 34.5. The molecule has 0 bridgehead atoms. The minimum absolute atomic E-state index is 0.0484. The Hall–Kier alpha value is -3.02. The summed E-state index contributed by atoms with van der Waals surface area (Å²) in [5.41, 5.74) is 3.59. The molecular weight excluding hydrogens is 596 g/mol. The molecule has 0 spiro atoms. The second-order valence-electron chi connectivity index (χ2n) is 12.9. The van der Waals surface area contributed by atoms with Gasteiger partial charge in [-0.05, 0) is 100 Å². The van der Waals surface area contributed by atoms with Gasteiger partial charge in [-0.15, -0.1) is 0 Å². The van der Waals surface area contributed by atoms with E-state index in [1.54, 1.807) is 24.3 Å². The molecule has 0 amide bonds. The van der Waals surface area contributed by atoms with Crippen LogP contribution in [0.1, 0.15) is 99.3 Å². The van der Waals surface area contributed by atoms with Gasteiger partial charge in [-0.1, -0.05) is 55.3 Å². The van der Waals surface area contributed by atoms with Gasteiger partial charge in [0, 0.05) is 43.0 Å². The van der Waals surface area contributed by atoms with Crippen LogP contribution in [0.5, 0.6) is 11.5 Å². The molecule has 2 atom stereocenters. The average molecular weight is 655 g/mol. The number of aryl methyl sites for hydroxylation is 1.